The Morgan fingerprint density at radius 2 is 1.71 bits per heavy atom. The number of hydrogen-bond donors (Lipinski definition) is 1. The molecule has 0 heterocycles. The van der Waals surface area contributed by atoms with Crippen molar-refractivity contribution in [3.05, 3.63) is 96.3 Å². The Balaban J connectivity index is 1.80. The summed E-state index contributed by atoms with van der Waals surface area (Å²) in [4.78, 5) is 10.7. The number of carboxylic acids is 1. The molecule has 4 rings (SSSR count). The Morgan fingerprint density at radius 3 is 2.42 bits per heavy atom. The maximum atomic E-state index is 13.9. The minimum Gasteiger partial charge on any atom is -0.497 e. The number of ether oxygens (including phenoxy) is 2. The maximum Gasteiger partial charge on any atom is 0.328 e. The zero-order valence-corrected chi connectivity index (χ0v) is 16.7. The number of benzene rings is 4. The van der Waals surface area contributed by atoms with Gasteiger partial charge < -0.3 is 14.6 Å². The van der Waals surface area contributed by atoms with E-state index in [0.717, 1.165) is 33.7 Å². The molecular weight excluding hydrogens is 395 g/mol. The number of hydrogen-bond acceptors (Lipinski definition) is 3. The molecule has 0 saturated carbocycles. The predicted octanol–water partition coefficient (Wildman–Crippen LogP) is 6.54. The lowest BCUT2D eigenvalue weighted by atomic mass is 9.99. The molecule has 4 aromatic carbocycles. The molecule has 31 heavy (non-hydrogen) atoms. The van der Waals surface area contributed by atoms with Gasteiger partial charge in [0, 0.05) is 17.0 Å². The highest BCUT2D eigenvalue weighted by Crippen LogP contribution is 2.40. The lowest BCUT2D eigenvalue weighted by Gasteiger charge is -2.15. The first kappa shape index (κ1) is 20.2. The molecule has 0 bridgehead atoms. The van der Waals surface area contributed by atoms with Gasteiger partial charge in [-0.15, -0.1) is 0 Å². The second-order valence-corrected chi connectivity index (χ2v) is 6.88. The number of fused-ring (bicyclic) bond motifs is 1. The van der Waals surface area contributed by atoms with Crippen LogP contribution < -0.4 is 9.47 Å². The largest absolute Gasteiger partial charge is 0.497 e. The van der Waals surface area contributed by atoms with Gasteiger partial charge in [0.1, 0.15) is 23.1 Å². The lowest BCUT2D eigenvalue weighted by Crippen LogP contribution is -1.92. The molecule has 0 aliphatic heterocycles. The molecular formula is C26H19FO4. The van der Waals surface area contributed by atoms with Crippen LogP contribution in [0, 0.1) is 5.82 Å². The van der Waals surface area contributed by atoms with Gasteiger partial charge >= 0.3 is 5.97 Å². The van der Waals surface area contributed by atoms with Gasteiger partial charge in [0.05, 0.1) is 7.11 Å². The molecule has 4 aromatic rings. The Labute approximate surface area is 178 Å². The fraction of sp³-hybridized carbons (Fsp3) is 0.0385. The highest BCUT2D eigenvalue weighted by Gasteiger charge is 2.14. The summed E-state index contributed by atoms with van der Waals surface area (Å²) < 4.78 is 25.5. The van der Waals surface area contributed by atoms with Crippen molar-refractivity contribution < 1.29 is 23.8 Å². The van der Waals surface area contributed by atoms with Crippen molar-refractivity contribution in [1.29, 1.82) is 0 Å². The molecule has 0 spiro atoms. The van der Waals surface area contributed by atoms with Gasteiger partial charge in [-0.05, 0) is 71.1 Å². The first-order valence-corrected chi connectivity index (χ1v) is 9.59. The molecule has 1 N–H and O–H groups in total. The number of carboxylic acid groups (broad SMARTS) is 1. The first-order valence-electron chi connectivity index (χ1n) is 9.59. The van der Waals surface area contributed by atoms with E-state index in [-0.39, 0.29) is 5.82 Å². The average molecular weight is 414 g/mol. The lowest BCUT2D eigenvalue weighted by molar-refractivity contribution is -0.131. The van der Waals surface area contributed by atoms with Gasteiger partial charge in [-0.3, -0.25) is 0 Å². The molecule has 0 aliphatic rings. The summed E-state index contributed by atoms with van der Waals surface area (Å²) in [5.41, 5.74) is 2.20. The molecule has 0 amide bonds. The summed E-state index contributed by atoms with van der Waals surface area (Å²) in [5, 5.41) is 10.6. The molecule has 5 heteroatoms. The highest BCUT2D eigenvalue weighted by atomic mass is 19.1. The molecule has 0 atom stereocenters. The summed E-state index contributed by atoms with van der Waals surface area (Å²) in [6, 6.07) is 23.0. The standard InChI is InChI=1S/C26H19FO4/c1-30-22-11-13-24-19(16-22)8-12-23(18-3-2-4-20(27)15-18)26(24)31-21-9-5-17(6-10-21)7-14-25(28)29/h2-16H,1H3,(H,28,29)/b14-7+. The third kappa shape index (κ3) is 4.56. The van der Waals surface area contributed by atoms with E-state index in [1.165, 1.54) is 18.2 Å². The van der Waals surface area contributed by atoms with Crippen molar-refractivity contribution in [3.63, 3.8) is 0 Å². The van der Waals surface area contributed by atoms with E-state index in [1.807, 2.05) is 36.4 Å². The van der Waals surface area contributed by atoms with Crippen LogP contribution in [0.2, 0.25) is 0 Å². The number of rotatable bonds is 6. The van der Waals surface area contributed by atoms with Gasteiger partial charge in [0.2, 0.25) is 0 Å². The van der Waals surface area contributed by atoms with Crippen molar-refractivity contribution in [1.82, 2.24) is 0 Å². The third-order valence-corrected chi connectivity index (χ3v) is 4.83. The van der Waals surface area contributed by atoms with Gasteiger partial charge in [-0.2, -0.15) is 0 Å². The van der Waals surface area contributed by atoms with Crippen LogP contribution in [0.5, 0.6) is 17.2 Å². The molecule has 0 aromatic heterocycles. The second kappa shape index (κ2) is 8.71. The minimum absolute atomic E-state index is 0.326. The van der Waals surface area contributed by atoms with Gasteiger partial charge in [-0.1, -0.05) is 30.3 Å². The normalized spacial score (nSPS) is 11.0. The molecule has 0 radical (unpaired) electrons. The Kier molecular flexibility index (Phi) is 5.67. The van der Waals surface area contributed by atoms with E-state index >= 15 is 0 Å². The quantitative estimate of drug-likeness (QED) is 0.364. The Morgan fingerprint density at radius 1 is 0.935 bits per heavy atom. The molecule has 4 nitrogen and oxygen atoms in total. The third-order valence-electron chi connectivity index (χ3n) is 4.83. The Hall–Kier alpha value is -4.12. The van der Waals surface area contributed by atoms with Crippen molar-refractivity contribution >= 4 is 22.8 Å². The zero-order chi connectivity index (χ0) is 21.8. The number of carbonyl (C=O) groups is 1. The summed E-state index contributed by atoms with van der Waals surface area (Å²) in [6.45, 7) is 0. The number of methoxy groups -OCH3 is 1. The molecule has 0 fully saturated rings. The smallest absolute Gasteiger partial charge is 0.328 e. The van der Waals surface area contributed by atoms with Crippen LogP contribution in [0.25, 0.3) is 28.0 Å². The van der Waals surface area contributed by atoms with E-state index in [0.29, 0.717) is 17.1 Å². The summed E-state index contributed by atoms with van der Waals surface area (Å²) in [7, 11) is 1.61. The minimum atomic E-state index is -1.01. The monoisotopic (exact) mass is 414 g/mol. The number of aliphatic carboxylic acids is 1. The Bertz CT molecular complexity index is 1280. The van der Waals surface area contributed by atoms with E-state index < -0.39 is 5.97 Å². The van der Waals surface area contributed by atoms with Crippen LogP contribution in [-0.2, 0) is 4.79 Å². The zero-order valence-electron chi connectivity index (χ0n) is 16.7. The molecule has 0 aliphatic carbocycles. The van der Waals surface area contributed by atoms with Crippen LogP contribution in [0.1, 0.15) is 5.56 Å². The van der Waals surface area contributed by atoms with Gasteiger partial charge in [-0.25, -0.2) is 9.18 Å². The van der Waals surface area contributed by atoms with Crippen LogP contribution in [0.4, 0.5) is 4.39 Å². The fourth-order valence-electron chi connectivity index (χ4n) is 3.33. The summed E-state index contributed by atoms with van der Waals surface area (Å²) in [5.74, 6) is 0.568. The van der Waals surface area contributed by atoms with E-state index in [4.69, 9.17) is 14.6 Å². The molecule has 0 unspecified atom stereocenters. The highest BCUT2D eigenvalue weighted by molar-refractivity contribution is 5.96. The van der Waals surface area contributed by atoms with E-state index in [1.54, 1.807) is 37.4 Å². The van der Waals surface area contributed by atoms with Gasteiger partial charge in [0.25, 0.3) is 0 Å². The van der Waals surface area contributed by atoms with Crippen molar-refractivity contribution in [2.24, 2.45) is 0 Å². The van der Waals surface area contributed by atoms with Crippen molar-refractivity contribution in [3.8, 4) is 28.4 Å². The van der Waals surface area contributed by atoms with E-state index in [2.05, 4.69) is 0 Å². The second-order valence-electron chi connectivity index (χ2n) is 6.88. The summed E-state index contributed by atoms with van der Waals surface area (Å²) >= 11 is 0. The summed E-state index contributed by atoms with van der Waals surface area (Å²) in [6.07, 6.45) is 2.59. The molecule has 154 valence electrons. The first-order chi connectivity index (χ1) is 15.0. The van der Waals surface area contributed by atoms with Crippen LogP contribution in [-0.4, -0.2) is 18.2 Å². The average Bonchev–Trinajstić information content (AvgIpc) is 2.78. The number of halogens is 1. The van der Waals surface area contributed by atoms with Crippen molar-refractivity contribution in [2.75, 3.05) is 7.11 Å². The molecule has 0 saturated heterocycles. The van der Waals surface area contributed by atoms with Gasteiger partial charge in [0.15, 0.2) is 0 Å². The predicted molar refractivity (Wildman–Crippen MR) is 119 cm³/mol. The topological polar surface area (TPSA) is 55.8 Å². The van der Waals surface area contributed by atoms with Crippen LogP contribution in [0.15, 0.2) is 84.9 Å². The fourth-order valence-corrected chi connectivity index (χ4v) is 3.33. The van der Waals surface area contributed by atoms with Crippen LogP contribution in [0.3, 0.4) is 0 Å². The van der Waals surface area contributed by atoms with E-state index in [9.17, 15) is 9.18 Å². The van der Waals surface area contributed by atoms with Crippen LogP contribution >= 0.6 is 0 Å². The SMILES string of the molecule is COc1ccc2c(Oc3ccc(/C=C/C(=O)O)cc3)c(-c3cccc(F)c3)ccc2c1. The maximum absolute atomic E-state index is 13.9. The van der Waals surface area contributed by atoms with Crippen molar-refractivity contribution in [2.45, 2.75) is 0 Å².